The minimum atomic E-state index is -3.49. The number of fused-ring (bicyclic) bond motifs is 1. The van der Waals surface area contributed by atoms with Gasteiger partial charge in [0.15, 0.2) is 0 Å². The lowest BCUT2D eigenvalue weighted by molar-refractivity contribution is 0.319. The molecule has 1 aliphatic heterocycles. The first-order valence-corrected chi connectivity index (χ1v) is 7.06. The Morgan fingerprint density at radius 2 is 2.06 bits per heavy atom. The Morgan fingerprint density at radius 3 is 2.81 bits per heavy atom. The van der Waals surface area contributed by atoms with E-state index in [9.17, 15) is 8.42 Å². The van der Waals surface area contributed by atoms with E-state index >= 15 is 0 Å². The molecule has 2 heterocycles. The van der Waals surface area contributed by atoms with E-state index in [2.05, 4.69) is 10.2 Å². The highest BCUT2D eigenvalue weighted by Gasteiger charge is 2.24. The second kappa shape index (κ2) is 4.50. The number of nitrogens with zero attached hydrogens (tertiary/aromatic N) is 3. The van der Waals surface area contributed by atoms with Gasteiger partial charge < -0.3 is 9.67 Å². The highest BCUT2D eigenvalue weighted by Crippen LogP contribution is 2.17. The van der Waals surface area contributed by atoms with Gasteiger partial charge in [-0.3, -0.25) is 0 Å². The van der Waals surface area contributed by atoms with E-state index in [1.807, 2.05) is 0 Å². The number of sulfone groups is 1. The van der Waals surface area contributed by atoms with Gasteiger partial charge in [0.1, 0.15) is 5.82 Å². The maximum absolute atomic E-state index is 11.8. The summed E-state index contributed by atoms with van der Waals surface area (Å²) in [6, 6.07) is 0. The van der Waals surface area contributed by atoms with Gasteiger partial charge in [0.25, 0.3) is 0 Å². The van der Waals surface area contributed by atoms with Crippen molar-refractivity contribution in [2.75, 3.05) is 12.4 Å². The molecule has 0 amide bonds. The van der Waals surface area contributed by atoms with Gasteiger partial charge in [-0.05, 0) is 12.8 Å². The number of aliphatic hydroxyl groups excluding tert-OH is 1. The van der Waals surface area contributed by atoms with E-state index in [1.165, 1.54) is 0 Å². The summed E-state index contributed by atoms with van der Waals surface area (Å²) in [5.41, 5.74) is 0. The summed E-state index contributed by atoms with van der Waals surface area (Å²) in [6.45, 7) is 0.271. The Balaban J connectivity index is 2.39. The number of aromatic nitrogens is 3. The van der Waals surface area contributed by atoms with E-state index in [0.29, 0.717) is 6.54 Å². The van der Waals surface area contributed by atoms with Crippen LogP contribution in [0.3, 0.4) is 0 Å². The number of aliphatic hydroxyl groups is 1. The molecule has 1 aromatic rings. The van der Waals surface area contributed by atoms with Crippen LogP contribution >= 0.6 is 0 Å². The van der Waals surface area contributed by atoms with Crippen LogP contribution in [-0.2, 0) is 22.8 Å². The van der Waals surface area contributed by atoms with E-state index in [0.717, 1.165) is 31.5 Å². The molecule has 1 N–H and O–H groups in total. The number of hydrogen-bond donors (Lipinski definition) is 1. The first-order chi connectivity index (χ1) is 7.65. The molecule has 0 fully saturated rings. The van der Waals surface area contributed by atoms with Crippen molar-refractivity contribution >= 4 is 9.84 Å². The van der Waals surface area contributed by atoms with Crippen molar-refractivity contribution in [1.29, 1.82) is 0 Å². The molecule has 0 aromatic carbocycles. The van der Waals surface area contributed by atoms with Gasteiger partial charge in [0.2, 0.25) is 15.0 Å². The lowest BCUT2D eigenvalue weighted by Crippen LogP contribution is -2.17. The smallest absolute Gasteiger partial charge is 0.249 e. The fourth-order valence-corrected chi connectivity index (χ4v) is 3.02. The zero-order valence-electron chi connectivity index (χ0n) is 8.96. The van der Waals surface area contributed by atoms with E-state index in [-0.39, 0.29) is 17.5 Å². The third-order valence-electron chi connectivity index (χ3n) is 2.71. The molecular formula is C9H15N3O3S. The van der Waals surface area contributed by atoms with Crippen molar-refractivity contribution in [3.05, 3.63) is 5.82 Å². The molecule has 0 saturated carbocycles. The Labute approximate surface area is 94.2 Å². The van der Waals surface area contributed by atoms with Crippen LogP contribution < -0.4 is 0 Å². The molecule has 0 aliphatic carbocycles. The monoisotopic (exact) mass is 245 g/mol. The average molecular weight is 245 g/mol. The predicted octanol–water partition coefficient (Wildman–Crippen LogP) is -0.230. The summed E-state index contributed by atoms with van der Waals surface area (Å²) in [6.07, 6.45) is 3.84. The van der Waals surface area contributed by atoms with Crippen LogP contribution in [-0.4, -0.2) is 40.6 Å². The van der Waals surface area contributed by atoms with Crippen LogP contribution in [0.4, 0.5) is 0 Å². The lowest BCUT2D eigenvalue weighted by Gasteiger charge is -2.06. The van der Waals surface area contributed by atoms with Crippen LogP contribution in [0, 0.1) is 0 Å². The molecule has 1 aromatic heterocycles. The first-order valence-electron chi connectivity index (χ1n) is 5.41. The zero-order valence-corrected chi connectivity index (χ0v) is 9.78. The quantitative estimate of drug-likeness (QED) is 0.795. The minimum absolute atomic E-state index is 0.0125. The zero-order chi connectivity index (χ0) is 11.6. The predicted molar refractivity (Wildman–Crippen MR) is 56.7 cm³/mol. The summed E-state index contributed by atoms with van der Waals surface area (Å²) in [7, 11) is -3.49. The van der Waals surface area contributed by atoms with E-state index in [4.69, 9.17) is 5.11 Å². The fraction of sp³-hybridized carbons (Fsp3) is 0.778. The van der Waals surface area contributed by atoms with Crippen LogP contribution in [0.15, 0.2) is 5.16 Å². The summed E-state index contributed by atoms with van der Waals surface area (Å²) in [4.78, 5) is 0. The van der Waals surface area contributed by atoms with Crippen molar-refractivity contribution in [2.24, 2.45) is 0 Å². The molecule has 0 bridgehead atoms. The molecule has 0 saturated heterocycles. The largest absolute Gasteiger partial charge is 0.395 e. The van der Waals surface area contributed by atoms with Gasteiger partial charge >= 0.3 is 0 Å². The van der Waals surface area contributed by atoms with Gasteiger partial charge in [-0.1, -0.05) is 6.42 Å². The summed E-state index contributed by atoms with van der Waals surface area (Å²) in [5.74, 6) is 0.458. The fourth-order valence-electron chi connectivity index (χ4n) is 1.90. The van der Waals surface area contributed by atoms with Crippen molar-refractivity contribution < 1.29 is 13.5 Å². The molecule has 0 atom stereocenters. The van der Waals surface area contributed by atoms with Crippen molar-refractivity contribution in [2.45, 2.75) is 37.4 Å². The second-order valence-corrected chi connectivity index (χ2v) is 5.91. The highest BCUT2D eigenvalue weighted by molar-refractivity contribution is 7.91. The molecule has 7 heteroatoms. The molecule has 0 unspecified atom stereocenters. The van der Waals surface area contributed by atoms with Crippen molar-refractivity contribution in [1.82, 2.24) is 14.8 Å². The second-order valence-electron chi connectivity index (χ2n) is 3.90. The van der Waals surface area contributed by atoms with Gasteiger partial charge in [-0.2, -0.15) is 0 Å². The Hall–Kier alpha value is -0.950. The average Bonchev–Trinajstić information content (AvgIpc) is 2.50. The van der Waals surface area contributed by atoms with Crippen LogP contribution in [0.25, 0.3) is 0 Å². The Morgan fingerprint density at radius 1 is 1.25 bits per heavy atom. The van der Waals surface area contributed by atoms with Gasteiger partial charge in [0.05, 0.1) is 12.4 Å². The summed E-state index contributed by atoms with van der Waals surface area (Å²) < 4.78 is 25.3. The Kier molecular flexibility index (Phi) is 3.25. The number of rotatable bonds is 3. The standard InChI is InChI=1S/C9H15N3O3S/c13-6-7-16(14,15)9-11-10-8-4-2-1-3-5-12(8)9/h13H,1-7H2. The molecule has 2 rings (SSSR count). The third-order valence-corrected chi connectivity index (χ3v) is 4.29. The minimum Gasteiger partial charge on any atom is -0.395 e. The third kappa shape index (κ3) is 2.10. The maximum atomic E-state index is 11.8. The normalized spacial score (nSPS) is 16.8. The SMILES string of the molecule is O=S(=O)(CCO)c1nnc2n1CCCCC2. The molecule has 1 aliphatic rings. The first kappa shape index (κ1) is 11.5. The summed E-state index contributed by atoms with van der Waals surface area (Å²) >= 11 is 0. The van der Waals surface area contributed by atoms with Crippen LogP contribution in [0.2, 0.25) is 0 Å². The maximum Gasteiger partial charge on any atom is 0.249 e. The Bertz CT molecular complexity index is 466. The van der Waals surface area contributed by atoms with Crippen molar-refractivity contribution in [3.63, 3.8) is 0 Å². The topological polar surface area (TPSA) is 85.1 Å². The van der Waals surface area contributed by atoms with E-state index < -0.39 is 9.84 Å². The van der Waals surface area contributed by atoms with Gasteiger partial charge in [0, 0.05) is 13.0 Å². The van der Waals surface area contributed by atoms with Crippen LogP contribution in [0.5, 0.6) is 0 Å². The number of hydrogen-bond acceptors (Lipinski definition) is 5. The lowest BCUT2D eigenvalue weighted by atomic mass is 10.2. The molecular weight excluding hydrogens is 230 g/mol. The summed E-state index contributed by atoms with van der Waals surface area (Å²) in [5, 5.41) is 16.4. The van der Waals surface area contributed by atoms with E-state index in [1.54, 1.807) is 4.57 Å². The molecule has 90 valence electrons. The number of aryl methyl sites for hydroxylation is 1. The van der Waals surface area contributed by atoms with Crippen molar-refractivity contribution in [3.8, 4) is 0 Å². The van der Waals surface area contributed by atoms with Crippen LogP contribution in [0.1, 0.15) is 25.1 Å². The molecule has 0 spiro atoms. The highest BCUT2D eigenvalue weighted by atomic mass is 32.2. The molecule has 6 nitrogen and oxygen atoms in total. The van der Waals surface area contributed by atoms with Gasteiger partial charge in [-0.25, -0.2) is 8.42 Å². The molecule has 0 radical (unpaired) electrons. The molecule has 16 heavy (non-hydrogen) atoms. The van der Waals surface area contributed by atoms with Gasteiger partial charge in [-0.15, -0.1) is 10.2 Å².